The van der Waals surface area contributed by atoms with Crippen LogP contribution < -0.4 is 4.90 Å². The molecule has 8 aromatic carbocycles. The van der Waals surface area contributed by atoms with E-state index < -0.39 is 5.41 Å². The van der Waals surface area contributed by atoms with Crippen molar-refractivity contribution in [1.82, 2.24) is 0 Å². The van der Waals surface area contributed by atoms with E-state index in [1.807, 2.05) is 0 Å². The summed E-state index contributed by atoms with van der Waals surface area (Å²) >= 11 is 0. The molecule has 1 heteroatoms. The lowest BCUT2D eigenvalue weighted by molar-refractivity contribution is 0.768. The van der Waals surface area contributed by atoms with Crippen LogP contribution in [0.2, 0.25) is 0 Å². The summed E-state index contributed by atoms with van der Waals surface area (Å²) in [6.07, 6.45) is 0. The van der Waals surface area contributed by atoms with Gasteiger partial charge < -0.3 is 4.90 Å². The first-order valence-electron chi connectivity index (χ1n) is 17.3. The SMILES string of the molecule is c1ccc(-c2ccc(N(c3ccc(-c4ccccc4)cc3)c3cccc(C4(c5ccccc5)c5ccccc5-c5ccccc54)c3)cc2)cc1. The van der Waals surface area contributed by atoms with Crippen LogP contribution in [0.4, 0.5) is 17.1 Å². The molecule has 0 radical (unpaired) electrons. The fourth-order valence-electron chi connectivity index (χ4n) is 7.90. The number of rotatable bonds is 7. The van der Waals surface area contributed by atoms with Crippen molar-refractivity contribution in [2.45, 2.75) is 5.41 Å². The molecule has 0 spiro atoms. The number of hydrogen-bond acceptors (Lipinski definition) is 1. The van der Waals surface area contributed by atoms with Crippen LogP contribution in [0.3, 0.4) is 0 Å². The van der Waals surface area contributed by atoms with E-state index in [1.165, 1.54) is 55.6 Å². The van der Waals surface area contributed by atoms with Crippen LogP contribution in [0.5, 0.6) is 0 Å². The third-order valence-electron chi connectivity index (χ3n) is 10.2. The van der Waals surface area contributed by atoms with Crippen LogP contribution in [0, 0.1) is 0 Å². The number of hydrogen-bond donors (Lipinski definition) is 0. The minimum absolute atomic E-state index is 0.468. The predicted octanol–water partition coefficient (Wildman–Crippen LogP) is 12.9. The molecule has 0 unspecified atom stereocenters. The summed E-state index contributed by atoms with van der Waals surface area (Å²) in [5.74, 6) is 0. The molecule has 0 heterocycles. The number of anilines is 3. The van der Waals surface area contributed by atoms with Crippen molar-refractivity contribution >= 4 is 17.1 Å². The van der Waals surface area contributed by atoms with Crippen LogP contribution in [-0.2, 0) is 5.41 Å². The lowest BCUT2D eigenvalue weighted by Crippen LogP contribution is -2.28. The Bertz CT molecular complexity index is 2270. The van der Waals surface area contributed by atoms with Gasteiger partial charge in [-0.05, 0) is 92.0 Å². The number of nitrogens with zero attached hydrogens (tertiary/aromatic N) is 1. The van der Waals surface area contributed by atoms with Gasteiger partial charge in [0.05, 0.1) is 5.41 Å². The van der Waals surface area contributed by atoms with E-state index in [-0.39, 0.29) is 0 Å². The molecular formula is C49H35N. The van der Waals surface area contributed by atoms with Crippen molar-refractivity contribution in [3.63, 3.8) is 0 Å². The topological polar surface area (TPSA) is 3.24 Å². The molecule has 0 atom stereocenters. The number of fused-ring (bicyclic) bond motifs is 3. The summed E-state index contributed by atoms with van der Waals surface area (Å²) in [7, 11) is 0. The first kappa shape index (κ1) is 29.7. The Labute approximate surface area is 294 Å². The fraction of sp³-hybridized carbons (Fsp3) is 0.0204. The minimum Gasteiger partial charge on any atom is -0.310 e. The Morgan fingerprint density at radius 1 is 0.280 bits per heavy atom. The second-order valence-corrected chi connectivity index (χ2v) is 12.9. The van der Waals surface area contributed by atoms with Crippen molar-refractivity contribution in [2.24, 2.45) is 0 Å². The van der Waals surface area contributed by atoms with Gasteiger partial charge in [0.2, 0.25) is 0 Å². The third kappa shape index (κ3) is 4.95. The second kappa shape index (κ2) is 12.5. The highest BCUT2D eigenvalue weighted by molar-refractivity contribution is 5.87. The van der Waals surface area contributed by atoms with Gasteiger partial charge in [0, 0.05) is 17.1 Å². The largest absolute Gasteiger partial charge is 0.310 e. The van der Waals surface area contributed by atoms with E-state index in [9.17, 15) is 0 Å². The van der Waals surface area contributed by atoms with Crippen LogP contribution in [0.15, 0.2) is 212 Å². The zero-order valence-electron chi connectivity index (χ0n) is 27.7. The normalized spacial score (nSPS) is 12.6. The Hall–Kier alpha value is -6.44. The summed E-state index contributed by atoms with van der Waals surface area (Å²) in [5, 5.41) is 0. The van der Waals surface area contributed by atoms with Gasteiger partial charge in [-0.25, -0.2) is 0 Å². The van der Waals surface area contributed by atoms with Crippen LogP contribution in [-0.4, -0.2) is 0 Å². The number of benzene rings is 8. The third-order valence-corrected chi connectivity index (χ3v) is 10.2. The van der Waals surface area contributed by atoms with Gasteiger partial charge >= 0.3 is 0 Å². The molecule has 8 aromatic rings. The van der Waals surface area contributed by atoms with Gasteiger partial charge in [0.15, 0.2) is 0 Å². The lowest BCUT2D eigenvalue weighted by atomic mass is 9.67. The molecule has 0 fully saturated rings. The fourth-order valence-corrected chi connectivity index (χ4v) is 7.90. The highest BCUT2D eigenvalue weighted by Gasteiger charge is 2.46. The average Bonchev–Trinajstić information content (AvgIpc) is 3.51. The molecule has 1 nitrogen and oxygen atoms in total. The molecule has 9 rings (SSSR count). The van der Waals surface area contributed by atoms with E-state index in [4.69, 9.17) is 0 Å². The molecule has 1 aliphatic rings. The summed E-state index contributed by atoms with van der Waals surface area (Å²) in [4.78, 5) is 2.39. The van der Waals surface area contributed by atoms with Crippen molar-refractivity contribution in [3.05, 3.63) is 235 Å². The molecule has 0 saturated carbocycles. The van der Waals surface area contributed by atoms with Gasteiger partial charge in [-0.2, -0.15) is 0 Å². The van der Waals surface area contributed by atoms with Gasteiger partial charge in [-0.15, -0.1) is 0 Å². The van der Waals surface area contributed by atoms with Crippen molar-refractivity contribution < 1.29 is 0 Å². The molecule has 0 aliphatic heterocycles. The van der Waals surface area contributed by atoms with Crippen molar-refractivity contribution in [2.75, 3.05) is 4.90 Å². The van der Waals surface area contributed by atoms with Crippen LogP contribution >= 0.6 is 0 Å². The predicted molar refractivity (Wildman–Crippen MR) is 209 cm³/mol. The maximum atomic E-state index is 2.40. The smallest absolute Gasteiger partial charge is 0.0714 e. The lowest BCUT2D eigenvalue weighted by Gasteiger charge is -2.35. The summed E-state index contributed by atoms with van der Waals surface area (Å²) in [5.41, 5.74) is 15.4. The standard InChI is InChI=1S/C49H35N/c1-4-15-36(16-5-1)38-27-31-42(32-28-38)50(43-33-29-39(30-34-43)37-17-6-2-7-18-37)44-22-14-21-41(35-44)49(40-19-8-3-9-20-40)47-25-12-10-23-45(47)46-24-11-13-26-48(46)49/h1-35H. The average molecular weight is 638 g/mol. The van der Waals surface area contributed by atoms with E-state index in [1.54, 1.807) is 0 Å². The van der Waals surface area contributed by atoms with Crippen molar-refractivity contribution in [1.29, 1.82) is 0 Å². The Morgan fingerprint density at radius 2 is 0.680 bits per heavy atom. The highest BCUT2D eigenvalue weighted by Crippen LogP contribution is 2.56. The Kier molecular flexibility index (Phi) is 7.44. The molecule has 0 amide bonds. The molecule has 0 N–H and O–H groups in total. The molecule has 0 saturated heterocycles. The zero-order valence-corrected chi connectivity index (χ0v) is 27.7. The van der Waals surface area contributed by atoms with E-state index in [0.29, 0.717) is 0 Å². The van der Waals surface area contributed by atoms with Gasteiger partial charge in [0.25, 0.3) is 0 Å². The molecule has 1 aliphatic carbocycles. The Morgan fingerprint density at radius 3 is 1.18 bits per heavy atom. The molecule has 50 heavy (non-hydrogen) atoms. The maximum absolute atomic E-state index is 2.40. The first-order valence-corrected chi connectivity index (χ1v) is 17.3. The van der Waals surface area contributed by atoms with E-state index >= 15 is 0 Å². The van der Waals surface area contributed by atoms with E-state index in [0.717, 1.165) is 17.1 Å². The van der Waals surface area contributed by atoms with Gasteiger partial charge in [-0.1, -0.05) is 176 Å². The van der Waals surface area contributed by atoms with Crippen LogP contribution in [0.1, 0.15) is 22.3 Å². The quantitative estimate of drug-likeness (QED) is 0.168. The zero-order chi connectivity index (χ0) is 33.3. The Balaban J connectivity index is 1.24. The van der Waals surface area contributed by atoms with Gasteiger partial charge in [0.1, 0.15) is 0 Å². The monoisotopic (exact) mass is 637 g/mol. The van der Waals surface area contributed by atoms with Crippen LogP contribution in [0.25, 0.3) is 33.4 Å². The van der Waals surface area contributed by atoms with Crippen molar-refractivity contribution in [3.8, 4) is 33.4 Å². The summed E-state index contributed by atoms with van der Waals surface area (Å²) in [6.45, 7) is 0. The molecule has 0 aromatic heterocycles. The summed E-state index contributed by atoms with van der Waals surface area (Å²) < 4.78 is 0. The van der Waals surface area contributed by atoms with E-state index in [2.05, 4.69) is 217 Å². The minimum atomic E-state index is -0.468. The second-order valence-electron chi connectivity index (χ2n) is 12.9. The molecular weight excluding hydrogens is 603 g/mol. The first-order chi connectivity index (χ1) is 24.8. The highest BCUT2D eigenvalue weighted by atomic mass is 15.1. The maximum Gasteiger partial charge on any atom is 0.0714 e. The molecule has 236 valence electrons. The van der Waals surface area contributed by atoms with Gasteiger partial charge in [-0.3, -0.25) is 0 Å². The summed E-state index contributed by atoms with van der Waals surface area (Å²) in [6, 6.07) is 77.1. The molecule has 0 bridgehead atoms.